The number of benzene rings is 2. The second kappa shape index (κ2) is 6.37. The molecule has 1 aliphatic carbocycles. The third-order valence-corrected chi connectivity index (χ3v) is 4.64. The number of halogens is 4. The molecule has 2 N–H and O–H groups in total. The largest absolute Gasteiger partial charge is 0.437 e. The van der Waals surface area contributed by atoms with Gasteiger partial charge >= 0.3 is 6.18 Å². The minimum atomic E-state index is -4.56. The fraction of sp³-hybridized carbons (Fsp3) is 0.0952. The zero-order valence-electron chi connectivity index (χ0n) is 14.3. The molecule has 4 rings (SSSR count). The first-order chi connectivity index (χ1) is 13.3. The summed E-state index contributed by atoms with van der Waals surface area (Å²) in [5, 5.41) is 0. The van der Waals surface area contributed by atoms with E-state index in [1.807, 2.05) is 0 Å². The lowest BCUT2D eigenvalue weighted by molar-refractivity contribution is -0.137. The van der Waals surface area contributed by atoms with E-state index in [0.717, 1.165) is 12.1 Å². The average Bonchev–Trinajstić information content (AvgIpc) is 3.11. The number of ether oxygens (including phenoxy) is 1. The summed E-state index contributed by atoms with van der Waals surface area (Å²) in [6, 6.07) is 11.2. The van der Waals surface area contributed by atoms with E-state index in [9.17, 15) is 22.4 Å². The summed E-state index contributed by atoms with van der Waals surface area (Å²) in [4.78, 5) is 12.7. The molecule has 1 unspecified atom stereocenters. The smallest absolute Gasteiger partial charge is 0.416 e. The highest BCUT2D eigenvalue weighted by molar-refractivity contribution is 6.30. The number of hydrogen-bond donors (Lipinski definition) is 1. The van der Waals surface area contributed by atoms with Crippen LogP contribution in [0.1, 0.15) is 28.2 Å². The molecule has 0 fully saturated rings. The summed E-state index contributed by atoms with van der Waals surface area (Å²) < 4.78 is 58.5. The van der Waals surface area contributed by atoms with Gasteiger partial charge in [-0.25, -0.2) is 4.39 Å². The molecule has 0 aromatic heterocycles. The van der Waals surface area contributed by atoms with Crippen LogP contribution >= 0.6 is 0 Å². The number of allylic oxidation sites excluding steroid dienone is 3. The molecule has 0 spiro atoms. The Balaban J connectivity index is 1.68. The van der Waals surface area contributed by atoms with E-state index in [2.05, 4.69) is 0 Å². The van der Waals surface area contributed by atoms with Crippen molar-refractivity contribution in [1.29, 1.82) is 0 Å². The monoisotopic (exact) mass is 387 g/mol. The Morgan fingerprint density at radius 1 is 1.07 bits per heavy atom. The van der Waals surface area contributed by atoms with Gasteiger partial charge in [0.25, 0.3) is 0 Å². The maximum absolute atomic E-state index is 14.3. The van der Waals surface area contributed by atoms with Crippen LogP contribution in [0.2, 0.25) is 0 Å². The zero-order chi connectivity index (χ0) is 20.1. The number of hydrogen-bond acceptors (Lipinski definition) is 3. The van der Waals surface area contributed by atoms with Crippen molar-refractivity contribution in [2.75, 3.05) is 0 Å². The molecule has 28 heavy (non-hydrogen) atoms. The summed E-state index contributed by atoms with van der Waals surface area (Å²) in [5.74, 6) is -2.49. The van der Waals surface area contributed by atoms with Crippen molar-refractivity contribution in [1.82, 2.24) is 0 Å². The van der Waals surface area contributed by atoms with E-state index in [0.29, 0.717) is 11.1 Å². The van der Waals surface area contributed by atoms with Gasteiger partial charge < -0.3 is 10.5 Å². The van der Waals surface area contributed by atoms with E-state index in [4.69, 9.17) is 10.5 Å². The number of nitrogens with two attached hydrogens (primary N) is 1. The van der Waals surface area contributed by atoms with Crippen molar-refractivity contribution in [3.8, 4) is 0 Å². The van der Waals surface area contributed by atoms with Crippen LogP contribution in [0.3, 0.4) is 0 Å². The number of ketones is 1. The van der Waals surface area contributed by atoms with Crippen molar-refractivity contribution >= 4 is 17.4 Å². The van der Waals surface area contributed by atoms with Crippen LogP contribution in [0.25, 0.3) is 11.6 Å². The van der Waals surface area contributed by atoms with Crippen molar-refractivity contribution in [3.05, 3.63) is 94.3 Å². The van der Waals surface area contributed by atoms with Crippen LogP contribution < -0.4 is 5.73 Å². The Morgan fingerprint density at radius 3 is 2.57 bits per heavy atom. The van der Waals surface area contributed by atoms with Crippen molar-refractivity contribution in [2.45, 2.75) is 12.1 Å². The predicted molar refractivity (Wildman–Crippen MR) is 95.0 cm³/mol. The van der Waals surface area contributed by atoms with Gasteiger partial charge in [-0.05, 0) is 41.0 Å². The second-order valence-electron chi connectivity index (χ2n) is 6.42. The molecular weight excluding hydrogens is 374 g/mol. The molecule has 1 atom stereocenters. The summed E-state index contributed by atoms with van der Waals surface area (Å²) in [5.41, 5.74) is 6.02. The topological polar surface area (TPSA) is 52.3 Å². The Morgan fingerprint density at radius 2 is 1.82 bits per heavy atom. The number of alkyl halides is 3. The number of rotatable bonds is 2. The maximum Gasteiger partial charge on any atom is 0.416 e. The van der Waals surface area contributed by atoms with Crippen LogP contribution in [-0.4, -0.2) is 5.78 Å². The van der Waals surface area contributed by atoms with Crippen LogP contribution in [0, 0.1) is 0 Å². The lowest BCUT2D eigenvalue weighted by atomic mass is 9.96. The van der Waals surface area contributed by atoms with Gasteiger partial charge in [0.1, 0.15) is 5.83 Å². The average molecular weight is 387 g/mol. The van der Waals surface area contributed by atoms with Gasteiger partial charge in [0.15, 0.2) is 5.76 Å². The molecule has 2 aliphatic rings. The Hall–Kier alpha value is -3.35. The number of Topliss-reactive ketones (excluding diaryl/α,β-unsaturated/α-hetero) is 1. The Kier molecular flexibility index (Phi) is 4.10. The SMILES string of the molecule is NC1=C(c2cccc(C(F)(F)F)c2)C(=O)/C(=C/C2C(F)=Cc3ccccc32)O1. The Labute approximate surface area is 157 Å². The summed E-state index contributed by atoms with van der Waals surface area (Å²) >= 11 is 0. The molecular formula is C21H13F4NO2. The van der Waals surface area contributed by atoms with E-state index in [1.165, 1.54) is 24.3 Å². The van der Waals surface area contributed by atoms with Crippen molar-refractivity contribution in [3.63, 3.8) is 0 Å². The molecule has 2 aromatic rings. The Bertz CT molecular complexity index is 1080. The molecule has 0 amide bonds. The van der Waals surface area contributed by atoms with Crippen LogP contribution in [-0.2, 0) is 15.7 Å². The van der Waals surface area contributed by atoms with Gasteiger partial charge in [0, 0.05) is 0 Å². The maximum atomic E-state index is 14.3. The third kappa shape index (κ3) is 2.98. The lowest BCUT2D eigenvalue weighted by Gasteiger charge is -2.09. The minimum Gasteiger partial charge on any atom is -0.437 e. The van der Waals surface area contributed by atoms with Gasteiger partial charge in [0.2, 0.25) is 11.7 Å². The molecule has 3 nitrogen and oxygen atoms in total. The quantitative estimate of drug-likeness (QED) is 0.588. The summed E-state index contributed by atoms with van der Waals surface area (Å²) in [7, 11) is 0. The van der Waals surface area contributed by atoms with Crippen molar-refractivity contribution in [2.24, 2.45) is 5.73 Å². The highest BCUT2D eigenvalue weighted by Gasteiger charge is 2.35. The van der Waals surface area contributed by atoms with Crippen LogP contribution in [0.4, 0.5) is 17.6 Å². The molecule has 0 radical (unpaired) electrons. The van der Waals surface area contributed by atoms with E-state index in [1.54, 1.807) is 24.3 Å². The van der Waals surface area contributed by atoms with E-state index >= 15 is 0 Å². The van der Waals surface area contributed by atoms with Crippen LogP contribution in [0.15, 0.2) is 72.1 Å². The standard InChI is InChI=1S/C21H13F4NO2/c22-16-9-11-4-1-2-7-14(11)15(16)10-17-19(27)18(20(26)28-17)12-5-3-6-13(8-12)21(23,24)25/h1-10,15H,26H2/b17-10-. The molecule has 142 valence electrons. The van der Waals surface area contributed by atoms with Gasteiger partial charge in [-0.3, -0.25) is 4.79 Å². The number of fused-ring (bicyclic) bond motifs is 1. The van der Waals surface area contributed by atoms with E-state index in [-0.39, 0.29) is 22.8 Å². The normalized spacial score (nSPS) is 20.4. The molecule has 7 heteroatoms. The molecule has 2 aromatic carbocycles. The highest BCUT2D eigenvalue weighted by Crippen LogP contribution is 2.41. The molecule has 0 saturated heterocycles. The van der Waals surface area contributed by atoms with Gasteiger partial charge in [-0.2, -0.15) is 13.2 Å². The molecule has 0 bridgehead atoms. The molecule has 1 heterocycles. The molecule has 1 aliphatic heterocycles. The fourth-order valence-electron chi connectivity index (χ4n) is 3.32. The number of carbonyl (C=O) groups excluding carboxylic acids is 1. The third-order valence-electron chi connectivity index (χ3n) is 4.64. The van der Waals surface area contributed by atoms with Crippen LogP contribution in [0.5, 0.6) is 0 Å². The second-order valence-corrected chi connectivity index (χ2v) is 6.42. The fourth-order valence-corrected chi connectivity index (χ4v) is 3.32. The van der Waals surface area contributed by atoms with E-state index < -0.39 is 29.3 Å². The number of carbonyl (C=O) groups is 1. The zero-order valence-corrected chi connectivity index (χ0v) is 14.3. The first-order valence-corrected chi connectivity index (χ1v) is 8.33. The van der Waals surface area contributed by atoms with Gasteiger partial charge in [0.05, 0.1) is 17.1 Å². The first kappa shape index (κ1) is 18.0. The summed E-state index contributed by atoms with van der Waals surface area (Å²) in [6.45, 7) is 0. The van der Waals surface area contributed by atoms with Gasteiger partial charge in [-0.15, -0.1) is 0 Å². The summed E-state index contributed by atoms with van der Waals surface area (Å²) in [6.07, 6.45) is -1.90. The van der Waals surface area contributed by atoms with Gasteiger partial charge in [-0.1, -0.05) is 36.4 Å². The lowest BCUT2D eigenvalue weighted by Crippen LogP contribution is -2.07. The molecule has 0 saturated carbocycles. The predicted octanol–water partition coefficient (Wildman–Crippen LogP) is 4.92. The highest BCUT2D eigenvalue weighted by atomic mass is 19.4. The van der Waals surface area contributed by atoms with Crippen molar-refractivity contribution < 1.29 is 27.1 Å². The first-order valence-electron chi connectivity index (χ1n) is 8.33. The minimum absolute atomic E-state index is 0.0106.